The summed E-state index contributed by atoms with van der Waals surface area (Å²) in [5, 5.41) is 5.81. The molecule has 1 unspecified atom stereocenters. The fraction of sp³-hybridized carbons (Fsp3) is 0.273. The number of hydrogen-bond donors (Lipinski definition) is 2. The molecule has 1 amide bonds. The molecule has 1 aliphatic rings. The van der Waals surface area contributed by atoms with Crippen molar-refractivity contribution in [1.29, 1.82) is 0 Å². The van der Waals surface area contributed by atoms with Gasteiger partial charge >= 0.3 is 0 Å². The maximum absolute atomic E-state index is 12.7. The van der Waals surface area contributed by atoms with Crippen LogP contribution < -0.4 is 10.6 Å². The molecule has 3 nitrogen and oxygen atoms in total. The van der Waals surface area contributed by atoms with Crippen LogP contribution >= 0.6 is 12.2 Å². The maximum Gasteiger partial charge on any atom is 0.251 e. The van der Waals surface area contributed by atoms with Crippen LogP contribution in [0.3, 0.4) is 0 Å². The van der Waals surface area contributed by atoms with E-state index in [2.05, 4.69) is 10.6 Å². The van der Waals surface area contributed by atoms with Crippen LogP contribution in [-0.2, 0) is 11.2 Å². The van der Waals surface area contributed by atoms with Gasteiger partial charge in [-0.15, -0.1) is 0 Å². The third-order valence-electron chi connectivity index (χ3n) is 2.59. The molecule has 0 aromatic heterocycles. The Hall–Kier alpha value is -1.49. The van der Waals surface area contributed by atoms with Gasteiger partial charge in [0.15, 0.2) is 5.11 Å². The number of thiocarbonyl (C=S) groups is 1. The Kier molecular flexibility index (Phi) is 2.63. The zero-order chi connectivity index (χ0) is 11.8. The fourth-order valence-corrected chi connectivity index (χ4v) is 2.03. The Balaban J connectivity index is 2.18. The van der Waals surface area contributed by atoms with Crippen molar-refractivity contribution in [3.8, 4) is 0 Å². The van der Waals surface area contributed by atoms with Crippen LogP contribution in [0.4, 0.5) is 4.39 Å². The van der Waals surface area contributed by atoms with Crippen molar-refractivity contribution in [3.63, 3.8) is 0 Å². The Morgan fingerprint density at radius 3 is 2.50 bits per heavy atom. The predicted octanol–water partition coefficient (Wildman–Crippen LogP) is 1.13. The third-order valence-corrected chi connectivity index (χ3v) is 2.79. The molecule has 84 valence electrons. The predicted molar refractivity (Wildman–Crippen MR) is 62.4 cm³/mol. The fourth-order valence-electron chi connectivity index (χ4n) is 1.71. The lowest BCUT2D eigenvalue weighted by Crippen LogP contribution is -2.45. The van der Waals surface area contributed by atoms with Crippen molar-refractivity contribution >= 4 is 23.2 Å². The SMILES string of the molecule is CC1(Cc2ccc(F)cc2)NC(=S)NC1=O. The number of halogens is 1. The summed E-state index contributed by atoms with van der Waals surface area (Å²) in [6, 6.07) is 6.08. The third kappa shape index (κ3) is 2.04. The van der Waals surface area contributed by atoms with Crippen LogP contribution in [0.15, 0.2) is 24.3 Å². The summed E-state index contributed by atoms with van der Waals surface area (Å²) >= 11 is 4.88. The van der Waals surface area contributed by atoms with Crippen molar-refractivity contribution in [2.75, 3.05) is 0 Å². The van der Waals surface area contributed by atoms with Crippen molar-refractivity contribution < 1.29 is 9.18 Å². The quantitative estimate of drug-likeness (QED) is 0.759. The van der Waals surface area contributed by atoms with E-state index in [1.165, 1.54) is 12.1 Å². The first kappa shape index (κ1) is 11.0. The Morgan fingerprint density at radius 2 is 2.00 bits per heavy atom. The topological polar surface area (TPSA) is 41.1 Å². The second kappa shape index (κ2) is 3.83. The van der Waals surface area contributed by atoms with Crippen molar-refractivity contribution in [2.24, 2.45) is 0 Å². The van der Waals surface area contributed by atoms with E-state index >= 15 is 0 Å². The van der Waals surface area contributed by atoms with Gasteiger partial charge in [0.25, 0.3) is 5.91 Å². The molecule has 0 radical (unpaired) electrons. The molecular weight excluding hydrogens is 227 g/mol. The Morgan fingerprint density at radius 1 is 1.38 bits per heavy atom. The first-order chi connectivity index (χ1) is 7.49. The molecule has 1 aromatic rings. The van der Waals surface area contributed by atoms with E-state index in [0.29, 0.717) is 11.5 Å². The summed E-state index contributed by atoms with van der Waals surface area (Å²) in [4.78, 5) is 11.6. The zero-order valence-electron chi connectivity index (χ0n) is 8.71. The molecule has 16 heavy (non-hydrogen) atoms. The van der Waals surface area contributed by atoms with E-state index < -0.39 is 5.54 Å². The minimum Gasteiger partial charge on any atom is -0.348 e. The lowest BCUT2D eigenvalue weighted by atomic mass is 9.93. The van der Waals surface area contributed by atoms with Crippen LogP contribution in [0.5, 0.6) is 0 Å². The number of nitrogens with one attached hydrogen (secondary N) is 2. The number of carbonyl (C=O) groups is 1. The van der Waals surface area contributed by atoms with Crippen LogP contribution in [0.1, 0.15) is 12.5 Å². The van der Waals surface area contributed by atoms with Crippen molar-refractivity contribution in [1.82, 2.24) is 10.6 Å². The molecule has 5 heteroatoms. The maximum atomic E-state index is 12.7. The molecule has 2 N–H and O–H groups in total. The summed E-state index contributed by atoms with van der Waals surface area (Å²) in [7, 11) is 0. The van der Waals surface area contributed by atoms with Gasteiger partial charge in [-0.05, 0) is 36.8 Å². The van der Waals surface area contributed by atoms with Gasteiger partial charge in [0, 0.05) is 6.42 Å². The van der Waals surface area contributed by atoms with Crippen molar-refractivity contribution in [3.05, 3.63) is 35.6 Å². The number of rotatable bonds is 2. The first-order valence-electron chi connectivity index (χ1n) is 4.88. The summed E-state index contributed by atoms with van der Waals surface area (Å²) < 4.78 is 12.7. The highest BCUT2D eigenvalue weighted by molar-refractivity contribution is 7.80. The highest BCUT2D eigenvalue weighted by atomic mass is 32.1. The average Bonchev–Trinajstić information content (AvgIpc) is 2.44. The molecule has 2 rings (SSSR count). The Labute approximate surface area is 98.0 Å². The number of benzene rings is 1. The lowest BCUT2D eigenvalue weighted by molar-refractivity contribution is -0.123. The van der Waals surface area contributed by atoms with Crippen molar-refractivity contribution in [2.45, 2.75) is 18.9 Å². The van der Waals surface area contributed by atoms with Gasteiger partial charge in [0.05, 0.1) is 0 Å². The largest absolute Gasteiger partial charge is 0.348 e. The van der Waals surface area contributed by atoms with Gasteiger partial charge in [-0.1, -0.05) is 12.1 Å². The molecule has 1 heterocycles. The smallest absolute Gasteiger partial charge is 0.251 e. The van der Waals surface area contributed by atoms with Crippen LogP contribution in [0, 0.1) is 5.82 Å². The minimum atomic E-state index is -0.741. The highest BCUT2D eigenvalue weighted by Gasteiger charge is 2.39. The summed E-state index contributed by atoms with van der Waals surface area (Å²) in [5.41, 5.74) is 0.144. The molecule has 0 aliphatic carbocycles. The highest BCUT2D eigenvalue weighted by Crippen LogP contribution is 2.17. The molecule has 0 saturated carbocycles. The minimum absolute atomic E-state index is 0.151. The molecule has 1 fully saturated rings. The first-order valence-corrected chi connectivity index (χ1v) is 5.28. The summed E-state index contributed by atoms with van der Waals surface area (Å²) in [5.74, 6) is -0.435. The zero-order valence-corrected chi connectivity index (χ0v) is 9.53. The van der Waals surface area contributed by atoms with E-state index in [1.54, 1.807) is 19.1 Å². The average molecular weight is 238 g/mol. The van der Waals surface area contributed by atoms with E-state index in [1.807, 2.05) is 0 Å². The molecular formula is C11H11FN2OS. The number of amides is 1. The van der Waals surface area contributed by atoms with E-state index in [9.17, 15) is 9.18 Å². The van der Waals surface area contributed by atoms with Gasteiger partial charge in [0.1, 0.15) is 11.4 Å². The van der Waals surface area contributed by atoms with Gasteiger partial charge in [-0.3, -0.25) is 4.79 Å². The van der Waals surface area contributed by atoms with Crippen LogP contribution in [-0.4, -0.2) is 16.6 Å². The normalized spacial score (nSPS) is 24.1. The molecule has 1 saturated heterocycles. The second-order valence-electron chi connectivity index (χ2n) is 4.04. The van der Waals surface area contributed by atoms with E-state index in [-0.39, 0.29) is 11.7 Å². The standard InChI is InChI=1S/C11H11FN2OS/c1-11(9(15)13-10(16)14-11)6-7-2-4-8(12)5-3-7/h2-5H,6H2,1H3,(H2,13,14,15,16). The molecule has 1 aliphatic heterocycles. The van der Waals surface area contributed by atoms with Gasteiger partial charge in [-0.25, -0.2) is 4.39 Å². The van der Waals surface area contributed by atoms with Gasteiger partial charge in [0.2, 0.25) is 0 Å². The van der Waals surface area contributed by atoms with E-state index in [4.69, 9.17) is 12.2 Å². The van der Waals surface area contributed by atoms with Crippen LogP contribution in [0.25, 0.3) is 0 Å². The van der Waals surface area contributed by atoms with Gasteiger partial charge < -0.3 is 10.6 Å². The lowest BCUT2D eigenvalue weighted by Gasteiger charge is -2.20. The van der Waals surface area contributed by atoms with Crippen LogP contribution in [0.2, 0.25) is 0 Å². The monoisotopic (exact) mass is 238 g/mol. The second-order valence-corrected chi connectivity index (χ2v) is 4.45. The number of hydrogen-bond acceptors (Lipinski definition) is 2. The molecule has 0 spiro atoms. The van der Waals surface area contributed by atoms with Gasteiger partial charge in [-0.2, -0.15) is 0 Å². The Bertz CT molecular complexity index is 446. The number of carbonyl (C=O) groups excluding carboxylic acids is 1. The molecule has 1 atom stereocenters. The molecule has 0 bridgehead atoms. The summed E-state index contributed by atoms with van der Waals surface area (Å²) in [6.07, 6.45) is 0.471. The summed E-state index contributed by atoms with van der Waals surface area (Å²) in [6.45, 7) is 1.77. The van der Waals surface area contributed by atoms with E-state index in [0.717, 1.165) is 5.56 Å². The molecule has 1 aromatic carbocycles.